The molecule has 0 saturated carbocycles. The maximum atomic E-state index is 13.2. The van der Waals surface area contributed by atoms with E-state index in [1.165, 1.54) is 20.3 Å². The van der Waals surface area contributed by atoms with Crippen LogP contribution >= 0.6 is 0 Å². The van der Waals surface area contributed by atoms with Gasteiger partial charge in [0, 0.05) is 18.3 Å². The van der Waals surface area contributed by atoms with Gasteiger partial charge in [0.25, 0.3) is 11.8 Å². The zero-order valence-corrected chi connectivity index (χ0v) is 19.3. The standard InChI is InChI=1S/C25H28N2O6/c1-6-13-27-24(28)22(16-9-11-18(30-4)20(14-16)31-5)23(25(27)29)26-17-10-12-19(32-7-2)21(15-17)33-8-3/h6,9-12,14-15,26H,1,7-8,13H2,2-5H3. The zero-order valence-electron chi connectivity index (χ0n) is 19.3. The van der Waals surface area contributed by atoms with Crippen molar-refractivity contribution < 1.29 is 28.5 Å². The Morgan fingerprint density at radius 2 is 1.55 bits per heavy atom. The van der Waals surface area contributed by atoms with E-state index in [0.29, 0.717) is 47.5 Å². The van der Waals surface area contributed by atoms with Crippen molar-refractivity contribution in [2.45, 2.75) is 13.8 Å². The van der Waals surface area contributed by atoms with Gasteiger partial charge in [-0.1, -0.05) is 12.1 Å². The fourth-order valence-electron chi connectivity index (χ4n) is 3.52. The summed E-state index contributed by atoms with van der Waals surface area (Å²) in [5.41, 5.74) is 1.49. The van der Waals surface area contributed by atoms with E-state index in [-0.39, 0.29) is 17.8 Å². The normalized spacial score (nSPS) is 13.3. The van der Waals surface area contributed by atoms with Crippen LogP contribution in [0.5, 0.6) is 23.0 Å². The molecule has 3 rings (SSSR count). The molecule has 2 aromatic rings. The van der Waals surface area contributed by atoms with Crippen LogP contribution in [0, 0.1) is 0 Å². The Hall–Kier alpha value is -3.94. The van der Waals surface area contributed by atoms with Crippen molar-refractivity contribution in [3.05, 3.63) is 60.3 Å². The number of benzene rings is 2. The molecule has 0 bridgehead atoms. The SMILES string of the molecule is C=CCN1C(=O)C(Nc2ccc(OCC)c(OCC)c2)=C(c2ccc(OC)c(OC)c2)C1=O. The van der Waals surface area contributed by atoms with Crippen molar-refractivity contribution in [2.24, 2.45) is 0 Å². The van der Waals surface area contributed by atoms with Gasteiger partial charge in [-0.3, -0.25) is 14.5 Å². The summed E-state index contributed by atoms with van der Waals surface area (Å²) in [6, 6.07) is 10.3. The highest BCUT2D eigenvalue weighted by Gasteiger charge is 2.39. The second kappa shape index (κ2) is 10.6. The monoisotopic (exact) mass is 452 g/mol. The number of carbonyl (C=O) groups is 2. The Bertz CT molecular complexity index is 1090. The topological polar surface area (TPSA) is 86.3 Å². The smallest absolute Gasteiger partial charge is 0.278 e. The van der Waals surface area contributed by atoms with Gasteiger partial charge in [-0.15, -0.1) is 6.58 Å². The summed E-state index contributed by atoms with van der Waals surface area (Å²) < 4.78 is 22.0. The van der Waals surface area contributed by atoms with Crippen molar-refractivity contribution >= 4 is 23.1 Å². The number of methoxy groups -OCH3 is 2. The van der Waals surface area contributed by atoms with Gasteiger partial charge in [-0.05, 0) is 43.7 Å². The lowest BCUT2D eigenvalue weighted by molar-refractivity contribution is -0.136. The number of hydrogen-bond donors (Lipinski definition) is 1. The molecule has 33 heavy (non-hydrogen) atoms. The van der Waals surface area contributed by atoms with Crippen LogP contribution in [0.25, 0.3) is 5.57 Å². The van der Waals surface area contributed by atoms with E-state index in [4.69, 9.17) is 18.9 Å². The predicted octanol–water partition coefficient (Wildman–Crippen LogP) is 3.88. The van der Waals surface area contributed by atoms with Gasteiger partial charge >= 0.3 is 0 Å². The fourth-order valence-corrected chi connectivity index (χ4v) is 3.52. The second-order valence-corrected chi connectivity index (χ2v) is 6.98. The van der Waals surface area contributed by atoms with Gasteiger partial charge in [0.2, 0.25) is 0 Å². The van der Waals surface area contributed by atoms with Crippen LogP contribution in [0.4, 0.5) is 5.69 Å². The second-order valence-electron chi connectivity index (χ2n) is 6.98. The molecule has 0 saturated heterocycles. The van der Waals surface area contributed by atoms with Gasteiger partial charge in [-0.25, -0.2) is 0 Å². The number of amides is 2. The van der Waals surface area contributed by atoms with Crippen LogP contribution in [-0.2, 0) is 9.59 Å². The molecule has 1 aliphatic heterocycles. The number of ether oxygens (including phenoxy) is 4. The van der Waals surface area contributed by atoms with Gasteiger partial charge in [0.1, 0.15) is 5.70 Å². The van der Waals surface area contributed by atoms with E-state index in [1.807, 2.05) is 13.8 Å². The summed E-state index contributed by atoms with van der Waals surface area (Å²) in [7, 11) is 3.04. The van der Waals surface area contributed by atoms with Gasteiger partial charge in [0.15, 0.2) is 23.0 Å². The molecule has 1 heterocycles. The molecule has 1 N–H and O–H groups in total. The summed E-state index contributed by atoms with van der Waals surface area (Å²) in [5.74, 6) is 1.23. The minimum absolute atomic E-state index is 0.0904. The lowest BCUT2D eigenvalue weighted by Gasteiger charge is -2.15. The number of nitrogens with zero attached hydrogens (tertiary/aromatic N) is 1. The van der Waals surface area contributed by atoms with Crippen molar-refractivity contribution in [1.29, 1.82) is 0 Å². The van der Waals surface area contributed by atoms with E-state index in [2.05, 4.69) is 11.9 Å². The van der Waals surface area contributed by atoms with Crippen molar-refractivity contribution in [3.63, 3.8) is 0 Å². The Morgan fingerprint density at radius 1 is 0.879 bits per heavy atom. The molecule has 0 fully saturated rings. The molecule has 8 nitrogen and oxygen atoms in total. The number of imide groups is 1. The van der Waals surface area contributed by atoms with Crippen molar-refractivity contribution in [2.75, 3.05) is 39.3 Å². The average Bonchev–Trinajstić information content (AvgIpc) is 3.05. The maximum absolute atomic E-state index is 13.2. The Kier molecular flexibility index (Phi) is 7.61. The van der Waals surface area contributed by atoms with Crippen LogP contribution in [0.2, 0.25) is 0 Å². The molecule has 2 aromatic carbocycles. The summed E-state index contributed by atoms with van der Waals surface area (Å²) in [5, 5.41) is 3.12. The number of rotatable bonds is 11. The van der Waals surface area contributed by atoms with Gasteiger partial charge < -0.3 is 24.3 Å². The van der Waals surface area contributed by atoms with Crippen LogP contribution in [0.15, 0.2) is 54.8 Å². The molecule has 0 aromatic heterocycles. The molecule has 8 heteroatoms. The van der Waals surface area contributed by atoms with E-state index < -0.39 is 11.8 Å². The maximum Gasteiger partial charge on any atom is 0.278 e. The van der Waals surface area contributed by atoms with E-state index in [1.54, 1.807) is 36.4 Å². The van der Waals surface area contributed by atoms with Gasteiger partial charge in [-0.2, -0.15) is 0 Å². The minimum Gasteiger partial charge on any atom is -0.493 e. The highest BCUT2D eigenvalue weighted by Crippen LogP contribution is 2.37. The molecule has 0 atom stereocenters. The first-order valence-electron chi connectivity index (χ1n) is 10.6. The molecule has 0 radical (unpaired) electrons. The largest absolute Gasteiger partial charge is 0.493 e. The minimum atomic E-state index is -0.448. The first-order chi connectivity index (χ1) is 16.0. The van der Waals surface area contributed by atoms with E-state index in [0.717, 1.165) is 4.90 Å². The lowest BCUT2D eigenvalue weighted by Crippen LogP contribution is -2.32. The molecule has 0 aliphatic carbocycles. The summed E-state index contributed by atoms with van der Waals surface area (Å²) in [4.78, 5) is 27.5. The molecule has 0 unspecified atom stereocenters. The Morgan fingerprint density at radius 3 is 2.18 bits per heavy atom. The van der Waals surface area contributed by atoms with E-state index in [9.17, 15) is 9.59 Å². The third-order valence-electron chi connectivity index (χ3n) is 4.96. The van der Waals surface area contributed by atoms with Crippen LogP contribution in [-0.4, -0.2) is 50.7 Å². The first kappa shape index (κ1) is 23.7. The molecule has 1 aliphatic rings. The Labute approximate surface area is 193 Å². The molecular weight excluding hydrogens is 424 g/mol. The molecule has 2 amide bonds. The summed E-state index contributed by atoms with van der Waals surface area (Å²) >= 11 is 0. The number of hydrogen-bond acceptors (Lipinski definition) is 7. The number of anilines is 1. The third kappa shape index (κ3) is 4.79. The van der Waals surface area contributed by atoms with Crippen molar-refractivity contribution in [1.82, 2.24) is 4.90 Å². The molecule has 0 spiro atoms. The predicted molar refractivity (Wildman–Crippen MR) is 126 cm³/mol. The number of nitrogens with one attached hydrogen (secondary N) is 1. The summed E-state index contributed by atoms with van der Waals surface area (Å²) in [6.07, 6.45) is 1.51. The van der Waals surface area contributed by atoms with E-state index >= 15 is 0 Å². The average molecular weight is 453 g/mol. The van der Waals surface area contributed by atoms with Crippen molar-refractivity contribution in [3.8, 4) is 23.0 Å². The Balaban J connectivity index is 2.09. The van der Waals surface area contributed by atoms with Crippen LogP contribution in [0.3, 0.4) is 0 Å². The third-order valence-corrected chi connectivity index (χ3v) is 4.96. The van der Waals surface area contributed by atoms with Crippen LogP contribution in [0.1, 0.15) is 19.4 Å². The highest BCUT2D eigenvalue weighted by atomic mass is 16.5. The zero-order chi connectivity index (χ0) is 24.0. The fraction of sp³-hybridized carbons (Fsp3) is 0.280. The quantitative estimate of drug-likeness (QED) is 0.409. The van der Waals surface area contributed by atoms with Crippen LogP contribution < -0.4 is 24.3 Å². The number of carbonyl (C=O) groups excluding carboxylic acids is 2. The lowest BCUT2D eigenvalue weighted by atomic mass is 10.0. The first-order valence-corrected chi connectivity index (χ1v) is 10.6. The highest BCUT2D eigenvalue weighted by molar-refractivity contribution is 6.36. The van der Waals surface area contributed by atoms with Gasteiger partial charge in [0.05, 0.1) is 33.0 Å². The molecule has 174 valence electrons. The molecular formula is C25H28N2O6. The summed E-state index contributed by atoms with van der Waals surface area (Å²) in [6.45, 7) is 8.45.